The summed E-state index contributed by atoms with van der Waals surface area (Å²) in [4.78, 5) is 29.4. The quantitative estimate of drug-likeness (QED) is 0.337. The molecule has 38 heavy (non-hydrogen) atoms. The number of ketones is 1. The van der Waals surface area contributed by atoms with Crippen LogP contribution in [0.25, 0.3) is 22.2 Å². The van der Waals surface area contributed by atoms with E-state index < -0.39 is 38.9 Å². The number of carbonyl (C=O) groups excluding carboxylic acids is 1. The molecule has 0 bridgehead atoms. The second kappa shape index (κ2) is 9.21. The highest BCUT2D eigenvalue weighted by molar-refractivity contribution is 7.90. The maximum absolute atomic E-state index is 15.5. The molecule has 9 nitrogen and oxygen atoms in total. The molecule has 6 rings (SSSR count). The number of H-pyrrole nitrogens is 1. The van der Waals surface area contributed by atoms with Gasteiger partial charge in [-0.25, -0.2) is 23.7 Å². The summed E-state index contributed by atoms with van der Waals surface area (Å²) in [6.45, 7) is 2.51. The minimum atomic E-state index is -4.07. The average molecular weight is 539 g/mol. The molecule has 1 aliphatic heterocycles. The van der Waals surface area contributed by atoms with Crippen molar-refractivity contribution in [2.45, 2.75) is 32.1 Å². The topological polar surface area (TPSA) is 121 Å². The molecule has 0 unspecified atom stereocenters. The van der Waals surface area contributed by atoms with E-state index in [2.05, 4.69) is 24.7 Å². The molecule has 12 heteroatoms. The predicted octanol–water partition coefficient (Wildman–Crippen LogP) is 4.41. The van der Waals surface area contributed by atoms with Crippen LogP contribution in [0, 0.1) is 17.6 Å². The fourth-order valence-corrected chi connectivity index (χ4v) is 6.04. The number of nitrogens with zero attached hydrogens (tertiary/aromatic N) is 4. The van der Waals surface area contributed by atoms with Gasteiger partial charge in [0.05, 0.1) is 11.3 Å². The number of carbonyl (C=O) groups is 1. The standard InChI is InChI=1S/C26H24F2N6O3S/c1-14-6-7-34(13-14)38(36,37)33-21-5-4-20(27)22(23(21)28)24(35)19-12-32-26-18(19)8-16(9-31-26)17-10-29-25(30-11-17)15-2-3-15/h4-5,8-12,14-15,33H,2-3,6-7,13H2,1H3,(H,31,32)/t14-/m0/s1. The van der Waals surface area contributed by atoms with Crippen molar-refractivity contribution in [3.05, 3.63) is 71.6 Å². The molecule has 2 aliphatic rings. The van der Waals surface area contributed by atoms with Crippen LogP contribution in [0.4, 0.5) is 14.5 Å². The monoisotopic (exact) mass is 538 g/mol. The molecule has 0 spiro atoms. The summed E-state index contributed by atoms with van der Waals surface area (Å²) in [6, 6.07) is 3.52. The first-order chi connectivity index (χ1) is 18.2. The molecule has 1 aliphatic carbocycles. The average Bonchev–Trinajstić information content (AvgIpc) is 3.51. The Morgan fingerprint density at radius 2 is 1.82 bits per heavy atom. The zero-order valence-electron chi connectivity index (χ0n) is 20.4. The zero-order chi connectivity index (χ0) is 26.6. The number of rotatable bonds is 7. The van der Waals surface area contributed by atoms with Gasteiger partial charge in [-0.2, -0.15) is 12.7 Å². The second-order valence-corrected chi connectivity index (χ2v) is 11.6. The molecule has 1 aromatic carbocycles. The second-order valence-electron chi connectivity index (χ2n) is 9.90. The molecule has 2 N–H and O–H groups in total. The largest absolute Gasteiger partial charge is 0.345 e. The smallest absolute Gasteiger partial charge is 0.301 e. The number of aromatic amines is 1. The fraction of sp³-hybridized carbons (Fsp3) is 0.308. The Bertz CT molecular complexity index is 1670. The Morgan fingerprint density at radius 1 is 1.08 bits per heavy atom. The van der Waals surface area contributed by atoms with E-state index >= 15 is 4.39 Å². The Labute approximate surface area is 217 Å². The van der Waals surface area contributed by atoms with Gasteiger partial charge in [0, 0.05) is 65.9 Å². The molecule has 196 valence electrons. The first kappa shape index (κ1) is 24.6. The van der Waals surface area contributed by atoms with E-state index in [9.17, 15) is 17.6 Å². The number of aromatic nitrogens is 4. The van der Waals surface area contributed by atoms with Crippen LogP contribution in [0.1, 0.15) is 53.8 Å². The molecule has 2 fully saturated rings. The van der Waals surface area contributed by atoms with E-state index in [4.69, 9.17) is 0 Å². The number of hydrogen-bond acceptors (Lipinski definition) is 6. The van der Waals surface area contributed by atoms with E-state index in [1.807, 2.05) is 6.92 Å². The van der Waals surface area contributed by atoms with Crippen LogP contribution in [0.2, 0.25) is 0 Å². The van der Waals surface area contributed by atoms with E-state index in [1.54, 1.807) is 24.7 Å². The number of benzene rings is 1. The van der Waals surface area contributed by atoms with Gasteiger partial charge in [-0.15, -0.1) is 0 Å². The van der Waals surface area contributed by atoms with Crippen LogP contribution in [0.5, 0.6) is 0 Å². The van der Waals surface area contributed by atoms with Crippen molar-refractivity contribution in [3.8, 4) is 11.1 Å². The lowest BCUT2D eigenvalue weighted by Gasteiger charge is -2.18. The van der Waals surface area contributed by atoms with Crippen LogP contribution >= 0.6 is 0 Å². The maximum atomic E-state index is 15.5. The van der Waals surface area contributed by atoms with Gasteiger partial charge >= 0.3 is 10.2 Å². The molecule has 4 aromatic rings. The lowest BCUT2D eigenvalue weighted by molar-refractivity contribution is 0.103. The van der Waals surface area contributed by atoms with Gasteiger partial charge in [0.15, 0.2) is 5.82 Å². The van der Waals surface area contributed by atoms with E-state index in [0.29, 0.717) is 47.6 Å². The normalized spacial score (nSPS) is 18.2. The summed E-state index contributed by atoms with van der Waals surface area (Å²) in [7, 11) is -4.07. The summed E-state index contributed by atoms with van der Waals surface area (Å²) in [6.07, 6.45) is 9.14. The van der Waals surface area contributed by atoms with Crippen LogP contribution in [-0.4, -0.2) is 51.5 Å². The summed E-state index contributed by atoms with van der Waals surface area (Å²) in [5, 5.41) is 0.356. The van der Waals surface area contributed by atoms with Gasteiger partial charge in [-0.05, 0) is 43.4 Å². The molecule has 1 saturated carbocycles. The van der Waals surface area contributed by atoms with Crippen molar-refractivity contribution >= 4 is 32.7 Å². The van der Waals surface area contributed by atoms with Crippen molar-refractivity contribution in [3.63, 3.8) is 0 Å². The summed E-state index contributed by atoms with van der Waals surface area (Å²) < 4.78 is 59.2. The SMILES string of the molecule is C[C@H]1CCN(S(=O)(=O)Nc2ccc(F)c(C(=O)c3c[nH]c4ncc(-c5cnc(C6CC6)nc5)cc34)c2F)C1. The molecule has 0 radical (unpaired) electrons. The van der Waals surface area contributed by atoms with Crippen molar-refractivity contribution in [1.82, 2.24) is 24.2 Å². The Morgan fingerprint density at radius 3 is 2.50 bits per heavy atom. The van der Waals surface area contributed by atoms with E-state index in [0.717, 1.165) is 30.8 Å². The Hall–Kier alpha value is -3.77. The highest BCUT2D eigenvalue weighted by atomic mass is 32.2. The Kier molecular flexibility index (Phi) is 5.95. The van der Waals surface area contributed by atoms with Crippen LogP contribution in [0.15, 0.2) is 43.0 Å². The lowest BCUT2D eigenvalue weighted by Crippen LogP contribution is -2.34. The number of fused-ring (bicyclic) bond motifs is 1. The molecular weight excluding hydrogens is 514 g/mol. The van der Waals surface area contributed by atoms with Gasteiger partial charge in [0.1, 0.15) is 17.3 Å². The number of halogens is 2. The Balaban J connectivity index is 1.33. The molecule has 1 saturated heterocycles. The highest BCUT2D eigenvalue weighted by Gasteiger charge is 2.32. The number of hydrogen-bond donors (Lipinski definition) is 2. The summed E-state index contributed by atoms with van der Waals surface area (Å²) in [5.41, 5.74) is 0.318. The first-order valence-electron chi connectivity index (χ1n) is 12.3. The predicted molar refractivity (Wildman–Crippen MR) is 137 cm³/mol. The summed E-state index contributed by atoms with van der Waals surface area (Å²) >= 11 is 0. The van der Waals surface area contributed by atoms with Gasteiger partial charge in [0.25, 0.3) is 0 Å². The van der Waals surface area contributed by atoms with E-state index in [-0.39, 0.29) is 11.5 Å². The van der Waals surface area contributed by atoms with Crippen LogP contribution in [0.3, 0.4) is 0 Å². The van der Waals surface area contributed by atoms with Crippen molar-refractivity contribution < 1.29 is 22.0 Å². The molecule has 4 heterocycles. The molecule has 3 aromatic heterocycles. The van der Waals surface area contributed by atoms with Crippen LogP contribution < -0.4 is 4.72 Å². The van der Waals surface area contributed by atoms with Crippen molar-refractivity contribution in [1.29, 1.82) is 0 Å². The minimum Gasteiger partial charge on any atom is -0.345 e. The number of nitrogens with one attached hydrogen (secondary N) is 2. The lowest BCUT2D eigenvalue weighted by atomic mass is 10.0. The molecule has 1 atom stereocenters. The number of pyridine rings is 1. The van der Waals surface area contributed by atoms with Gasteiger partial charge in [0.2, 0.25) is 5.78 Å². The zero-order valence-corrected chi connectivity index (χ0v) is 21.2. The number of anilines is 1. The van der Waals surface area contributed by atoms with E-state index in [1.165, 1.54) is 10.5 Å². The summed E-state index contributed by atoms with van der Waals surface area (Å²) in [5.74, 6) is -1.96. The highest BCUT2D eigenvalue weighted by Crippen LogP contribution is 2.38. The molecule has 0 amide bonds. The molecular formula is C26H24F2N6O3S. The third-order valence-corrected chi connectivity index (χ3v) is 8.50. The third-order valence-electron chi connectivity index (χ3n) is 7.01. The third kappa shape index (κ3) is 4.43. The van der Waals surface area contributed by atoms with Crippen LogP contribution in [-0.2, 0) is 10.2 Å². The van der Waals surface area contributed by atoms with Crippen molar-refractivity contribution in [2.24, 2.45) is 5.92 Å². The van der Waals surface area contributed by atoms with Gasteiger partial charge in [-0.1, -0.05) is 6.92 Å². The van der Waals surface area contributed by atoms with Gasteiger partial charge in [-0.3, -0.25) is 9.52 Å². The maximum Gasteiger partial charge on any atom is 0.301 e. The fourth-order valence-electron chi connectivity index (χ4n) is 4.68. The first-order valence-corrected chi connectivity index (χ1v) is 13.8. The minimum absolute atomic E-state index is 0.00366. The van der Waals surface area contributed by atoms with Crippen molar-refractivity contribution in [2.75, 3.05) is 17.8 Å². The van der Waals surface area contributed by atoms with Gasteiger partial charge < -0.3 is 4.98 Å².